The molecule has 0 aromatic carbocycles. The highest BCUT2D eigenvalue weighted by atomic mass is 79.9. The van der Waals surface area contributed by atoms with Gasteiger partial charge in [0.05, 0.1) is 0 Å². The van der Waals surface area contributed by atoms with Gasteiger partial charge in [-0.05, 0) is 0 Å². The molecule has 17 heteroatoms. The fourth-order valence-electron chi connectivity index (χ4n) is 4.28. The summed E-state index contributed by atoms with van der Waals surface area (Å²) in [4.78, 5) is 71.4. The predicted octanol–water partition coefficient (Wildman–Crippen LogP) is -0.570. The maximum atomic E-state index is 12.1. The SMILES string of the molecule is CC(=O)OC[C@H]1O[C@@H](O)[C@H](OC(C)=O)[C@@H](OC(C)=O)[C@@H]1O[C@H]1O[C@H](CBr)[C@@H](OC(C)=O)[C@H](OC(C)=O)[C@H]1OC(C)=O. The first-order valence-electron chi connectivity index (χ1n) is 12.3. The number of alkyl halides is 1. The second-order valence-electron chi connectivity index (χ2n) is 9.04. The van der Waals surface area contributed by atoms with Gasteiger partial charge < -0.3 is 47.7 Å². The molecule has 2 aliphatic rings. The summed E-state index contributed by atoms with van der Waals surface area (Å²) in [5.41, 5.74) is 0. The van der Waals surface area contributed by atoms with Crippen molar-refractivity contribution in [3.8, 4) is 0 Å². The van der Waals surface area contributed by atoms with Crippen molar-refractivity contribution in [2.45, 2.75) is 103 Å². The Morgan fingerprint density at radius 3 is 1.49 bits per heavy atom. The molecule has 2 aliphatic heterocycles. The lowest BCUT2D eigenvalue weighted by Gasteiger charge is -2.48. The maximum absolute atomic E-state index is 12.1. The Kier molecular flexibility index (Phi) is 12.9. The van der Waals surface area contributed by atoms with Crippen LogP contribution in [-0.4, -0.2) is 114 Å². The number of carbonyl (C=O) groups excluding carboxylic acids is 6. The minimum Gasteiger partial charge on any atom is -0.463 e. The lowest BCUT2D eigenvalue weighted by molar-refractivity contribution is -0.353. The molecule has 10 atom stereocenters. The Balaban J connectivity index is 2.60. The van der Waals surface area contributed by atoms with Crippen LogP contribution in [0.1, 0.15) is 41.5 Å². The highest BCUT2D eigenvalue weighted by molar-refractivity contribution is 9.09. The molecule has 2 rings (SSSR count). The Morgan fingerprint density at radius 1 is 0.585 bits per heavy atom. The van der Waals surface area contributed by atoms with Gasteiger partial charge in [0, 0.05) is 46.9 Å². The fourth-order valence-corrected chi connectivity index (χ4v) is 4.80. The third-order valence-electron chi connectivity index (χ3n) is 5.60. The summed E-state index contributed by atoms with van der Waals surface area (Å²) < 4.78 is 49.2. The lowest BCUT2D eigenvalue weighted by Crippen LogP contribution is -2.66. The highest BCUT2D eigenvalue weighted by Crippen LogP contribution is 2.35. The normalized spacial score (nSPS) is 33.1. The van der Waals surface area contributed by atoms with Gasteiger partial charge in [0.25, 0.3) is 0 Å². The zero-order valence-electron chi connectivity index (χ0n) is 23.1. The van der Waals surface area contributed by atoms with Crippen LogP contribution in [0.2, 0.25) is 0 Å². The van der Waals surface area contributed by atoms with Crippen LogP contribution in [0.4, 0.5) is 0 Å². The van der Waals surface area contributed by atoms with E-state index in [0.29, 0.717) is 0 Å². The summed E-state index contributed by atoms with van der Waals surface area (Å²) >= 11 is 3.24. The molecule has 0 spiro atoms. The van der Waals surface area contributed by atoms with Gasteiger partial charge in [0.2, 0.25) is 0 Å². The van der Waals surface area contributed by atoms with E-state index in [2.05, 4.69) is 15.9 Å². The van der Waals surface area contributed by atoms with Gasteiger partial charge in [-0.3, -0.25) is 28.8 Å². The van der Waals surface area contributed by atoms with Gasteiger partial charge >= 0.3 is 35.8 Å². The molecule has 0 bridgehead atoms. The molecular weight excluding hydrogens is 624 g/mol. The molecule has 2 fully saturated rings. The van der Waals surface area contributed by atoms with Gasteiger partial charge in [-0.15, -0.1) is 0 Å². The number of carbonyl (C=O) groups is 6. The van der Waals surface area contributed by atoms with E-state index in [1.807, 2.05) is 0 Å². The van der Waals surface area contributed by atoms with E-state index in [1.54, 1.807) is 0 Å². The molecule has 0 radical (unpaired) electrons. The van der Waals surface area contributed by atoms with Crippen molar-refractivity contribution in [1.29, 1.82) is 0 Å². The van der Waals surface area contributed by atoms with E-state index in [9.17, 15) is 33.9 Å². The Labute approximate surface area is 243 Å². The van der Waals surface area contributed by atoms with Crippen LogP contribution >= 0.6 is 15.9 Å². The van der Waals surface area contributed by atoms with E-state index in [4.69, 9.17) is 42.6 Å². The lowest BCUT2D eigenvalue weighted by atomic mass is 9.96. The first-order chi connectivity index (χ1) is 19.1. The monoisotopic (exact) mass is 656 g/mol. The largest absolute Gasteiger partial charge is 0.463 e. The number of ether oxygens (including phenoxy) is 9. The van der Waals surface area contributed by atoms with Crippen LogP contribution in [0.15, 0.2) is 0 Å². The third-order valence-corrected chi connectivity index (χ3v) is 6.24. The van der Waals surface area contributed by atoms with E-state index in [-0.39, 0.29) is 5.33 Å². The summed E-state index contributed by atoms with van der Waals surface area (Å²) in [6.07, 6.45) is -14.8. The molecule has 0 saturated carbocycles. The first kappa shape index (κ1) is 34.3. The molecule has 232 valence electrons. The number of esters is 6. The fraction of sp³-hybridized carbons (Fsp3) is 0.750. The number of rotatable bonds is 10. The maximum Gasteiger partial charge on any atom is 0.303 e. The Bertz CT molecular complexity index is 987. The second-order valence-corrected chi connectivity index (χ2v) is 9.68. The molecule has 0 unspecified atom stereocenters. The topological polar surface area (TPSA) is 206 Å². The summed E-state index contributed by atoms with van der Waals surface area (Å²) in [7, 11) is 0. The van der Waals surface area contributed by atoms with Gasteiger partial charge in [-0.1, -0.05) is 15.9 Å². The van der Waals surface area contributed by atoms with Crippen LogP contribution in [-0.2, 0) is 71.4 Å². The van der Waals surface area contributed by atoms with E-state index < -0.39 is 104 Å². The van der Waals surface area contributed by atoms with Crippen LogP contribution in [0.25, 0.3) is 0 Å². The van der Waals surface area contributed by atoms with Gasteiger partial charge in [0.1, 0.15) is 24.9 Å². The van der Waals surface area contributed by atoms with Crippen LogP contribution in [0, 0.1) is 0 Å². The molecule has 0 aromatic rings. The standard InChI is InChI=1S/C24H33BrO16/c1-9(26)33-8-16-18(19(35-11(3)28)21(23(32)39-16)37-13(5)30)41-24-22(38-14(6)31)20(36-12(4)29)17(34-10(2)27)15(7-25)40-24/h15-24,32H,7-8H2,1-6H3/t15-,16-,17-,18-,19+,20+,21-,22-,23-,24-/m1/s1. The third kappa shape index (κ3) is 9.88. The molecule has 41 heavy (non-hydrogen) atoms. The van der Waals surface area contributed by atoms with Crippen molar-refractivity contribution >= 4 is 51.7 Å². The molecule has 0 aromatic heterocycles. The smallest absolute Gasteiger partial charge is 0.303 e. The Hall–Kier alpha value is -2.86. The van der Waals surface area contributed by atoms with Crippen LogP contribution in [0.5, 0.6) is 0 Å². The first-order valence-corrected chi connectivity index (χ1v) is 13.5. The molecule has 16 nitrogen and oxygen atoms in total. The van der Waals surface area contributed by atoms with Crippen molar-refractivity contribution < 1.29 is 76.5 Å². The minimum absolute atomic E-state index is 0.00949. The molecular formula is C24H33BrO16. The Morgan fingerprint density at radius 2 is 1.02 bits per heavy atom. The number of hydrogen-bond acceptors (Lipinski definition) is 16. The van der Waals surface area contributed by atoms with E-state index in [1.165, 1.54) is 0 Å². The minimum atomic E-state index is -1.85. The molecule has 1 N–H and O–H groups in total. The summed E-state index contributed by atoms with van der Waals surface area (Å²) in [5, 5.41) is 10.6. The zero-order valence-corrected chi connectivity index (χ0v) is 24.7. The van der Waals surface area contributed by atoms with Crippen molar-refractivity contribution in [3.05, 3.63) is 0 Å². The molecule has 2 heterocycles. The summed E-state index contributed by atoms with van der Waals surface area (Å²) in [6, 6.07) is 0. The highest BCUT2D eigenvalue weighted by Gasteiger charge is 2.56. The van der Waals surface area contributed by atoms with Crippen LogP contribution in [0.3, 0.4) is 0 Å². The zero-order chi connectivity index (χ0) is 31.0. The molecule has 0 amide bonds. The van der Waals surface area contributed by atoms with Gasteiger partial charge in [-0.25, -0.2) is 0 Å². The van der Waals surface area contributed by atoms with Gasteiger partial charge in [-0.2, -0.15) is 0 Å². The van der Waals surface area contributed by atoms with Crippen molar-refractivity contribution in [2.75, 3.05) is 11.9 Å². The van der Waals surface area contributed by atoms with Crippen molar-refractivity contribution in [1.82, 2.24) is 0 Å². The van der Waals surface area contributed by atoms with E-state index >= 15 is 0 Å². The molecule has 2 saturated heterocycles. The second kappa shape index (κ2) is 15.4. The summed E-state index contributed by atoms with van der Waals surface area (Å²) in [5.74, 6) is -4.88. The average molecular weight is 657 g/mol. The predicted molar refractivity (Wildman–Crippen MR) is 133 cm³/mol. The van der Waals surface area contributed by atoms with Gasteiger partial charge in [0.15, 0.2) is 43.1 Å². The van der Waals surface area contributed by atoms with Crippen molar-refractivity contribution in [2.24, 2.45) is 0 Å². The van der Waals surface area contributed by atoms with Crippen LogP contribution < -0.4 is 0 Å². The molecule has 0 aliphatic carbocycles. The van der Waals surface area contributed by atoms with E-state index in [0.717, 1.165) is 41.5 Å². The number of aliphatic hydroxyl groups is 1. The van der Waals surface area contributed by atoms with Crippen molar-refractivity contribution in [3.63, 3.8) is 0 Å². The number of halogens is 1. The number of hydrogen-bond donors (Lipinski definition) is 1. The number of aliphatic hydroxyl groups excluding tert-OH is 1. The average Bonchev–Trinajstić information content (AvgIpc) is 2.83. The summed E-state index contributed by atoms with van der Waals surface area (Å²) in [6.45, 7) is 5.92. The quantitative estimate of drug-likeness (QED) is 0.177.